The predicted octanol–water partition coefficient (Wildman–Crippen LogP) is 5.23. The highest BCUT2D eigenvalue weighted by Crippen LogP contribution is 2.45. The van der Waals surface area contributed by atoms with E-state index in [2.05, 4.69) is 13.8 Å². The number of hydrogen-bond donors (Lipinski definition) is 2. The Morgan fingerprint density at radius 3 is 2.39 bits per heavy atom. The molecule has 0 radical (unpaired) electrons. The van der Waals surface area contributed by atoms with Crippen molar-refractivity contribution in [3.63, 3.8) is 0 Å². The topological polar surface area (TPSA) is 55.5 Å². The molecule has 3 N–H and O–H groups in total. The van der Waals surface area contributed by atoms with E-state index < -0.39 is 8.32 Å². The van der Waals surface area contributed by atoms with Gasteiger partial charge in [-0.1, -0.05) is 25.4 Å². The van der Waals surface area contributed by atoms with Gasteiger partial charge in [-0.05, 0) is 74.4 Å². The van der Waals surface area contributed by atoms with Crippen LogP contribution in [0.4, 0.5) is 5.69 Å². The zero-order valence-electron chi connectivity index (χ0n) is 14.7. The molecule has 23 heavy (non-hydrogen) atoms. The molecule has 1 fully saturated rings. The van der Waals surface area contributed by atoms with E-state index in [-0.39, 0.29) is 11.1 Å². The lowest BCUT2D eigenvalue weighted by molar-refractivity contribution is 0.124. The highest BCUT2D eigenvalue weighted by atomic mass is 35.5. The number of rotatable bonds is 5. The Kier molecular flexibility index (Phi) is 5.70. The summed E-state index contributed by atoms with van der Waals surface area (Å²) in [5.41, 5.74) is 6.57. The Labute approximate surface area is 146 Å². The highest BCUT2D eigenvalue weighted by molar-refractivity contribution is 6.72. The Hall–Kier alpha value is -0.713. The fraction of sp³-hybridized carbons (Fsp3) is 0.667. The van der Waals surface area contributed by atoms with Crippen molar-refractivity contribution in [3.05, 3.63) is 23.2 Å². The fourth-order valence-corrected chi connectivity index (χ4v) is 4.20. The lowest BCUT2D eigenvalue weighted by atomic mass is 9.82. The third-order valence-corrected chi connectivity index (χ3v) is 9.27. The lowest BCUT2D eigenvalue weighted by Gasteiger charge is -2.40. The molecule has 5 heteroatoms. The summed E-state index contributed by atoms with van der Waals surface area (Å²) in [5.74, 6) is 1.42. The summed E-state index contributed by atoms with van der Waals surface area (Å²) >= 11 is 5.92. The molecule has 0 saturated heterocycles. The molecule has 0 heterocycles. The number of benzene rings is 1. The number of hydrogen-bond acceptors (Lipinski definition) is 3. The maximum absolute atomic E-state index is 10.5. The summed E-state index contributed by atoms with van der Waals surface area (Å²) in [6, 6.07) is 5.40. The van der Waals surface area contributed by atoms with Crippen molar-refractivity contribution in [2.45, 2.75) is 70.2 Å². The van der Waals surface area contributed by atoms with E-state index in [1.807, 2.05) is 25.2 Å². The van der Waals surface area contributed by atoms with Crippen molar-refractivity contribution < 1.29 is 9.53 Å². The molecule has 0 atom stereocenters. The van der Waals surface area contributed by atoms with Gasteiger partial charge in [-0.2, -0.15) is 0 Å². The summed E-state index contributed by atoms with van der Waals surface area (Å²) in [5, 5.41) is 0.697. The van der Waals surface area contributed by atoms with Crippen LogP contribution in [0, 0.1) is 5.92 Å². The lowest BCUT2D eigenvalue weighted by Crippen LogP contribution is -2.40. The van der Waals surface area contributed by atoms with Crippen molar-refractivity contribution in [1.29, 1.82) is 0 Å². The van der Waals surface area contributed by atoms with E-state index in [1.165, 1.54) is 0 Å². The first-order chi connectivity index (χ1) is 10.6. The van der Waals surface area contributed by atoms with Crippen LogP contribution in [0.3, 0.4) is 0 Å². The quantitative estimate of drug-likeness (QED) is 0.561. The van der Waals surface area contributed by atoms with Crippen LogP contribution in [0.1, 0.15) is 46.0 Å². The molecule has 3 nitrogen and oxygen atoms in total. The summed E-state index contributed by atoms with van der Waals surface area (Å²) in [4.78, 5) is 10.5. The van der Waals surface area contributed by atoms with E-state index in [0.717, 1.165) is 37.9 Å². The molecule has 130 valence electrons. The van der Waals surface area contributed by atoms with Crippen LogP contribution < -0.4 is 10.5 Å². The molecule has 0 aromatic heterocycles. The molecular weight excluding hydrogens is 326 g/mol. The second kappa shape index (κ2) is 7.04. The van der Waals surface area contributed by atoms with Gasteiger partial charge in [-0.15, -0.1) is 0 Å². The van der Waals surface area contributed by atoms with Gasteiger partial charge in [0, 0.05) is 5.02 Å². The molecule has 1 aliphatic carbocycles. The number of anilines is 1. The van der Waals surface area contributed by atoms with Gasteiger partial charge in [0.1, 0.15) is 5.75 Å². The van der Waals surface area contributed by atoms with E-state index in [9.17, 15) is 4.80 Å². The van der Waals surface area contributed by atoms with Gasteiger partial charge < -0.3 is 15.3 Å². The average Bonchev–Trinajstić information content (AvgIpc) is 2.42. The first kappa shape index (κ1) is 18.6. The minimum Gasteiger partial charge on any atom is -0.488 e. The number of nitrogens with two attached hydrogens (primary N) is 1. The standard InChI is InChI=1S/C18H30ClNO2Si/c1-18(2,23(3,4)21)12-13-5-8-15(9-6-13)22-17-10-7-14(19)11-16(17)20/h7,10-11,13,15,21H,5-6,8-9,12,20H2,1-4H3. The molecule has 1 saturated carbocycles. The second-order valence-corrected chi connectivity index (χ2v) is 13.0. The van der Waals surface area contributed by atoms with Crippen LogP contribution >= 0.6 is 11.6 Å². The molecule has 2 rings (SSSR count). The average molecular weight is 356 g/mol. The monoisotopic (exact) mass is 355 g/mol. The molecule has 1 aliphatic rings. The number of nitrogen functional groups attached to an aromatic ring is 1. The molecule has 1 aromatic rings. The molecule has 0 bridgehead atoms. The largest absolute Gasteiger partial charge is 0.488 e. The van der Waals surface area contributed by atoms with Crippen LogP contribution in [-0.4, -0.2) is 19.2 Å². The summed E-state index contributed by atoms with van der Waals surface area (Å²) in [7, 11) is -2.12. The van der Waals surface area contributed by atoms with Crippen molar-refractivity contribution in [2.75, 3.05) is 5.73 Å². The third-order valence-electron chi connectivity index (χ3n) is 5.51. The van der Waals surface area contributed by atoms with Crippen LogP contribution in [-0.2, 0) is 0 Å². The van der Waals surface area contributed by atoms with Gasteiger partial charge in [0.15, 0.2) is 8.32 Å². The molecule has 1 aromatic carbocycles. The van der Waals surface area contributed by atoms with Crippen LogP contribution in [0.25, 0.3) is 0 Å². The SMILES string of the molecule is CC(C)(CC1CCC(Oc2ccc(Cl)cc2N)CC1)[Si](C)(C)O. The maximum Gasteiger partial charge on any atom is 0.188 e. The first-order valence-corrected chi connectivity index (χ1v) is 11.8. The molecule has 0 aliphatic heterocycles. The van der Waals surface area contributed by atoms with Gasteiger partial charge in [-0.25, -0.2) is 0 Å². The minimum absolute atomic E-state index is 0.0615. The number of halogens is 1. The van der Waals surface area contributed by atoms with Gasteiger partial charge >= 0.3 is 0 Å². The Morgan fingerprint density at radius 1 is 1.26 bits per heavy atom. The normalized spacial score (nSPS) is 22.9. The van der Waals surface area contributed by atoms with Gasteiger partial charge in [0.25, 0.3) is 0 Å². The van der Waals surface area contributed by atoms with Crippen LogP contribution in [0.15, 0.2) is 18.2 Å². The summed E-state index contributed by atoms with van der Waals surface area (Å²) in [6.07, 6.45) is 5.76. The first-order valence-electron chi connectivity index (χ1n) is 8.52. The van der Waals surface area contributed by atoms with Crippen molar-refractivity contribution in [1.82, 2.24) is 0 Å². The third kappa shape index (κ3) is 4.88. The summed E-state index contributed by atoms with van der Waals surface area (Å²) in [6.45, 7) is 8.53. The van der Waals surface area contributed by atoms with Crippen molar-refractivity contribution in [3.8, 4) is 5.75 Å². The van der Waals surface area contributed by atoms with E-state index >= 15 is 0 Å². The van der Waals surface area contributed by atoms with Crippen molar-refractivity contribution in [2.24, 2.45) is 5.92 Å². The Morgan fingerprint density at radius 2 is 1.87 bits per heavy atom. The van der Waals surface area contributed by atoms with Crippen LogP contribution in [0.2, 0.25) is 23.2 Å². The second-order valence-electron chi connectivity index (χ2n) is 8.09. The summed E-state index contributed by atoms with van der Waals surface area (Å²) < 4.78 is 6.06. The smallest absolute Gasteiger partial charge is 0.188 e. The highest BCUT2D eigenvalue weighted by Gasteiger charge is 2.40. The van der Waals surface area contributed by atoms with Crippen molar-refractivity contribution >= 4 is 25.6 Å². The fourth-order valence-electron chi connectivity index (χ4n) is 3.23. The van der Waals surface area contributed by atoms with E-state index in [0.29, 0.717) is 16.6 Å². The zero-order valence-corrected chi connectivity index (χ0v) is 16.5. The van der Waals surface area contributed by atoms with Gasteiger partial charge in [-0.3, -0.25) is 0 Å². The molecule has 0 amide bonds. The Balaban J connectivity index is 1.87. The Bertz CT molecular complexity index is 534. The number of ether oxygens (including phenoxy) is 1. The minimum atomic E-state index is -2.12. The van der Waals surface area contributed by atoms with Gasteiger partial charge in [0.05, 0.1) is 11.8 Å². The predicted molar refractivity (Wildman–Crippen MR) is 101 cm³/mol. The molecule has 0 spiro atoms. The zero-order chi connectivity index (χ0) is 17.3. The molecule has 0 unspecified atom stereocenters. The van der Waals surface area contributed by atoms with E-state index in [4.69, 9.17) is 22.1 Å². The van der Waals surface area contributed by atoms with E-state index in [1.54, 1.807) is 6.07 Å². The van der Waals surface area contributed by atoms with Gasteiger partial charge in [0.2, 0.25) is 0 Å². The maximum atomic E-state index is 10.5. The molecular formula is C18H30ClNO2Si. The van der Waals surface area contributed by atoms with Crippen LogP contribution in [0.5, 0.6) is 5.75 Å².